The predicted octanol–water partition coefficient (Wildman–Crippen LogP) is 2.42. The summed E-state index contributed by atoms with van der Waals surface area (Å²) in [6.07, 6.45) is 1.47. The van der Waals surface area contributed by atoms with E-state index in [-0.39, 0.29) is 22.3 Å². The molecule has 3 rings (SSSR count). The van der Waals surface area contributed by atoms with Gasteiger partial charge in [-0.15, -0.1) is 0 Å². The van der Waals surface area contributed by atoms with Gasteiger partial charge in [0.15, 0.2) is 5.70 Å². The van der Waals surface area contributed by atoms with E-state index < -0.39 is 16.0 Å². The molecule has 1 aliphatic heterocycles. The number of hydrogen-bond acceptors (Lipinski definition) is 5. The van der Waals surface area contributed by atoms with Crippen molar-refractivity contribution in [1.82, 2.24) is 4.31 Å². The number of esters is 1. The van der Waals surface area contributed by atoms with Crippen molar-refractivity contribution in [2.45, 2.75) is 4.90 Å². The van der Waals surface area contributed by atoms with Gasteiger partial charge in [0.05, 0.1) is 4.90 Å². The average Bonchev–Trinajstić information content (AvgIpc) is 2.97. The number of benzene rings is 2. The highest BCUT2D eigenvalue weighted by molar-refractivity contribution is 7.89. The summed E-state index contributed by atoms with van der Waals surface area (Å²) in [5, 5.41) is 0. The molecule has 0 radical (unpaired) electrons. The van der Waals surface area contributed by atoms with E-state index in [4.69, 9.17) is 4.74 Å². The molecule has 1 aliphatic rings. The first-order valence-electron chi connectivity index (χ1n) is 7.58. The molecular weight excluding hydrogens is 359 g/mol. The summed E-state index contributed by atoms with van der Waals surface area (Å²) in [5.41, 5.74) is 1.00. The monoisotopic (exact) mass is 374 g/mol. The van der Waals surface area contributed by atoms with Gasteiger partial charge in [0, 0.05) is 19.7 Å². The first-order chi connectivity index (χ1) is 12.3. The third-order valence-corrected chi connectivity index (χ3v) is 5.46. The molecule has 0 saturated heterocycles. The molecule has 0 aliphatic carbocycles. The Hall–Kier alpha value is -2.84. The van der Waals surface area contributed by atoms with Crippen molar-refractivity contribution in [3.8, 4) is 0 Å². The van der Waals surface area contributed by atoms with Crippen molar-refractivity contribution in [3.05, 3.63) is 71.2 Å². The van der Waals surface area contributed by atoms with Gasteiger partial charge in [-0.25, -0.2) is 26.9 Å². The SMILES string of the molecule is CN(C)S(=O)(=O)c1cccc(C2=N/C(=C/c3ccc(F)cc3)C(=O)O2)c1. The van der Waals surface area contributed by atoms with E-state index in [0.29, 0.717) is 11.1 Å². The highest BCUT2D eigenvalue weighted by atomic mass is 32.2. The van der Waals surface area contributed by atoms with Crippen LogP contribution in [0, 0.1) is 5.82 Å². The smallest absolute Gasteiger partial charge is 0.363 e. The second-order valence-electron chi connectivity index (χ2n) is 5.70. The Morgan fingerprint density at radius 3 is 2.46 bits per heavy atom. The molecule has 0 unspecified atom stereocenters. The highest BCUT2D eigenvalue weighted by Gasteiger charge is 2.26. The van der Waals surface area contributed by atoms with Gasteiger partial charge < -0.3 is 4.74 Å². The van der Waals surface area contributed by atoms with E-state index in [1.807, 2.05) is 0 Å². The first-order valence-corrected chi connectivity index (χ1v) is 9.02. The quantitative estimate of drug-likeness (QED) is 0.608. The van der Waals surface area contributed by atoms with Gasteiger partial charge in [-0.1, -0.05) is 18.2 Å². The van der Waals surface area contributed by atoms with Gasteiger partial charge in [-0.2, -0.15) is 0 Å². The molecular formula is C18H15FN2O4S. The average molecular weight is 374 g/mol. The molecule has 8 heteroatoms. The van der Waals surface area contributed by atoms with Crippen LogP contribution in [0.5, 0.6) is 0 Å². The lowest BCUT2D eigenvalue weighted by atomic mass is 10.2. The Balaban J connectivity index is 1.96. The van der Waals surface area contributed by atoms with Crippen molar-refractivity contribution in [2.75, 3.05) is 14.1 Å². The first kappa shape index (κ1) is 18.0. The number of aliphatic imine (C=N–C) groups is 1. The van der Waals surface area contributed by atoms with Crippen LogP contribution in [0.2, 0.25) is 0 Å². The lowest BCUT2D eigenvalue weighted by Crippen LogP contribution is -2.22. The van der Waals surface area contributed by atoms with Crippen LogP contribution in [-0.4, -0.2) is 38.7 Å². The number of rotatable bonds is 4. The van der Waals surface area contributed by atoms with Crippen LogP contribution in [0.3, 0.4) is 0 Å². The van der Waals surface area contributed by atoms with E-state index >= 15 is 0 Å². The highest BCUT2D eigenvalue weighted by Crippen LogP contribution is 2.22. The van der Waals surface area contributed by atoms with Crippen LogP contribution >= 0.6 is 0 Å². The number of sulfonamides is 1. The Labute approximate surface area is 150 Å². The molecule has 0 aromatic heterocycles. The molecule has 26 heavy (non-hydrogen) atoms. The lowest BCUT2D eigenvalue weighted by molar-refractivity contribution is -0.129. The minimum atomic E-state index is -3.62. The van der Waals surface area contributed by atoms with Gasteiger partial charge in [0.25, 0.3) is 0 Å². The van der Waals surface area contributed by atoms with Crippen molar-refractivity contribution < 1.29 is 22.3 Å². The summed E-state index contributed by atoms with van der Waals surface area (Å²) in [5.74, 6) is -1.03. The number of carbonyl (C=O) groups excluding carboxylic acids is 1. The van der Waals surface area contributed by atoms with E-state index in [9.17, 15) is 17.6 Å². The third kappa shape index (κ3) is 3.56. The van der Waals surface area contributed by atoms with Gasteiger partial charge in [-0.3, -0.25) is 0 Å². The lowest BCUT2D eigenvalue weighted by Gasteiger charge is -2.11. The van der Waals surface area contributed by atoms with E-state index in [1.165, 1.54) is 56.6 Å². The summed E-state index contributed by atoms with van der Waals surface area (Å²) in [4.78, 5) is 16.2. The van der Waals surface area contributed by atoms with E-state index in [0.717, 1.165) is 4.31 Å². The molecule has 0 saturated carbocycles. The summed E-state index contributed by atoms with van der Waals surface area (Å²) in [7, 11) is -0.762. The van der Waals surface area contributed by atoms with E-state index in [2.05, 4.69) is 4.99 Å². The van der Waals surface area contributed by atoms with Crippen LogP contribution < -0.4 is 0 Å². The van der Waals surface area contributed by atoms with Crippen molar-refractivity contribution >= 4 is 28.0 Å². The van der Waals surface area contributed by atoms with Crippen LogP contribution in [0.1, 0.15) is 11.1 Å². The molecule has 2 aromatic rings. The van der Waals surface area contributed by atoms with Gasteiger partial charge in [-0.05, 0) is 42.0 Å². The number of cyclic esters (lactones) is 1. The number of carbonyl (C=O) groups is 1. The standard InChI is InChI=1S/C18H15FN2O4S/c1-21(2)26(23,24)15-5-3-4-13(11-15)17-20-16(18(22)25-17)10-12-6-8-14(19)9-7-12/h3-11H,1-2H3/b16-10+. The zero-order chi connectivity index (χ0) is 18.9. The number of ether oxygens (including phenoxy) is 1. The van der Waals surface area contributed by atoms with Gasteiger partial charge >= 0.3 is 5.97 Å². The predicted molar refractivity (Wildman–Crippen MR) is 94.3 cm³/mol. The van der Waals surface area contributed by atoms with Crippen LogP contribution in [-0.2, 0) is 19.6 Å². The van der Waals surface area contributed by atoms with E-state index in [1.54, 1.807) is 12.1 Å². The molecule has 0 fully saturated rings. The molecule has 0 atom stereocenters. The van der Waals surface area contributed by atoms with Crippen LogP contribution in [0.25, 0.3) is 6.08 Å². The molecule has 0 amide bonds. The van der Waals surface area contributed by atoms with Crippen molar-refractivity contribution in [2.24, 2.45) is 4.99 Å². The maximum absolute atomic E-state index is 13.0. The maximum atomic E-state index is 13.0. The largest absolute Gasteiger partial charge is 0.402 e. The molecule has 0 bridgehead atoms. The minimum absolute atomic E-state index is 0.0131. The number of nitrogens with zero attached hydrogens (tertiary/aromatic N) is 2. The number of hydrogen-bond donors (Lipinski definition) is 0. The summed E-state index contributed by atoms with van der Waals surface area (Å²) < 4.78 is 43.7. The fourth-order valence-electron chi connectivity index (χ4n) is 2.25. The molecule has 134 valence electrons. The Morgan fingerprint density at radius 1 is 1.12 bits per heavy atom. The summed E-state index contributed by atoms with van der Waals surface area (Å²) >= 11 is 0. The van der Waals surface area contributed by atoms with Crippen LogP contribution in [0.15, 0.2) is 64.1 Å². The third-order valence-electron chi connectivity index (χ3n) is 3.65. The zero-order valence-electron chi connectivity index (χ0n) is 14.0. The summed E-state index contributed by atoms with van der Waals surface area (Å²) in [6, 6.07) is 11.5. The molecule has 2 aromatic carbocycles. The minimum Gasteiger partial charge on any atom is -0.402 e. The zero-order valence-corrected chi connectivity index (χ0v) is 14.8. The number of halogens is 1. The van der Waals surface area contributed by atoms with Crippen molar-refractivity contribution in [1.29, 1.82) is 0 Å². The Kier molecular flexibility index (Phi) is 4.71. The fraction of sp³-hybridized carbons (Fsp3) is 0.111. The van der Waals surface area contributed by atoms with Gasteiger partial charge in [0.2, 0.25) is 15.9 Å². The second-order valence-corrected chi connectivity index (χ2v) is 7.85. The molecule has 1 heterocycles. The molecule has 0 N–H and O–H groups in total. The molecule has 0 spiro atoms. The topological polar surface area (TPSA) is 76.0 Å². The fourth-order valence-corrected chi connectivity index (χ4v) is 3.20. The van der Waals surface area contributed by atoms with Crippen LogP contribution in [0.4, 0.5) is 4.39 Å². The normalized spacial score (nSPS) is 16.1. The Morgan fingerprint density at radius 2 is 1.81 bits per heavy atom. The second kappa shape index (κ2) is 6.81. The van der Waals surface area contributed by atoms with Crippen molar-refractivity contribution in [3.63, 3.8) is 0 Å². The summed E-state index contributed by atoms with van der Waals surface area (Å²) in [6.45, 7) is 0. The maximum Gasteiger partial charge on any atom is 0.363 e. The molecule has 6 nitrogen and oxygen atoms in total. The van der Waals surface area contributed by atoms with Gasteiger partial charge in [0.1, 0.15) is 5.82 Å². The Bertz CT molecular complexity index is 1030.